The molecule has 33 heavy (non-hydrogen) atoms. The number of carbonyl (C=O) groups excluding carboxylic acids is 1. The number of thioether (sulfide) groups is 1. The van der Waals surface area contributed by atoms with Crippen LogP contribution in [0.4, 0.5) is 0 Å². The predicted octanol–water partition coefficient (Wildman–Crippen LogP) is 2.97. The van der Waals surface area contributed by atoms with Gasteiger partial charge in [-0.05, 0) is 30.3 Å². The molecule has 0 aliphatic heterocycles. The first kappa shape index (κ1) is 22.7. The van der Waals surface area contributed by atoms with E-state index in [-0.39, 0.29) is 17.4 Å². The first-order chi connectivity index (χ1) is 16.0. The summed E-state index contributed by atoms with van der Waals surface area (Å²) in [7, 11) is 0. The molecule has 0 spiro atoms. The molecule has 0 aliphatic carbocycles. The molecule has 4 rings (SSSR count). The fraction of sp³-hybridized carbons (Fsp3) is 0.143. The van der Waals surface area contributed by atoms with Crippen molar-refractivity contribution >= 4 is 50.8 Å². The standard InChI is InChI=1S/C21H19BrN8O2S/c1-2-9-29-19(12-30-17-6-4-3-5-16(17)24-28-30)25-27-21(29)33-13-20(32)26-23-11-14-10-15(22)7-8-18(14)31/h2-8,10-11,31H,1,9,12-13H2,(H,26,32)/b23-11-. The lowest BCUT2D eigenvalue weighted by molar-refractivity contribution is -0.118. The summed E-state index contributed by atoms with van der Waals surface area (Å²) in [6.45, 7) is 4.67. The van der Waals surface area contributed by atoms with Gasteiger partial charge in [-0.15, -0.1) is 21.9 Å². The van der Waals surface area contributed by atoms with Gasteiger partial charge in [0.05, 0.1) is 17.5 Å². The van der Waals surface area contributed by atoms with Crippen LogP contribution in [0.25, 0.3) is 11.0 Å². The van der Waals surface area contributed by atoms with Crippen LogP contribution in [-0.2, 0) is 17.9 Å². The van der Waals surface area contributed by atoms with Crippen LogP contribution in [0.3, 0.4) is 0 Å². The molecular formula is C21H19BrN8O2S. The van der Waals surface area contributed by atoms with Gasteiger partial charge >= 0.3 is 0 Å². The molecule has 2 N–H and O–H groups in total. The Morgan fingerprint density at radius 2 is 2.09 bits per heavy atom. The van der Waals surface area contributed by atoms with E-state index >= 15 is 0 Å². The number of rotatable bonds is 9. The number of aromatic hydroxyl groups is 1. The number of para-hydroxylation sites is 1. The van der Waals surface area contributed by atoms with Gasteiger partial charge in [0, 0.05) is 16.6 Å². The van der Waals surface area contributed by atoms with Crippen LogP contribution in [0.15, 0.2) is 69.9 Å². The molecule has 0 saturated heterocycles. The minimum absolute atomic E-state index is 0.0655. The van der Waals surface area contributed by atoms with Crippen molar-refractivity contribution in [1.82, 2.24) is 35.2 Å². The molecule has 12 heteroatoms. The Morgan fingerprint density at radius 3 is 2.94 bits per heavy atom. The molecule has 0 radical (unpaired) electrons. The van der Waals surface area contributed by atoms with Crippen molar-refractivity contribution in [2.75, 3.05) is 5.75 Å². The summed E-state index contributed by atoms with van der Waals surface area (Å²) in [6, 6.07) is 12.6. The van der Waals surface area contributed by atoms with Crippen molar-refractivity contribution in [2.45, 2.75) is 18.2 Å². The number of phenols is 1. The van der Waals surface area contributed by atoms with E-state index in [1.165, 1.54) is 24.0 Å². The number of hydrogen-bond acceptors (Lipinski definition) is 8. The molecule has 1 amide bonds. The lowest BCUT2D eigenvalue weighted by Gasteiger charge is -2.07. The molecule has 4 aromatic rings. The van der Waals surface area contributed by atoms with E-state index in [1.807, 2.05) is 28.8 Å². The highest BCUT2D eigenvalue weighted by atomic mass is 79.9. The number of amides is 1. The second-order valence-electron chi connectivity index (χ2n) is 6.82. The number of allylic oxidation sites excluding steroid dienone is 1. The summed E-state index contributed by atoms with van der Waals surface area (Å²) in [6.07, 6.45) is 3.12. The van der Waals surface area contributed by atoms with Crippen molar-refractivity contribution in [3.63, 3.8) is 0 Å². The lowest BCUT2D eigenvalue weighted by Crippen LogP contribution is -2.20. The summed E-state index contributed by atoms with van der Waals surface area (Å²) in [4.78, 5) is 12.2. The average molecular weight is 527 g/mol. The van der Waals surface area contributed by atoms with Crippen LogP contribution in [0.5, 0.6) is 5.75 Å². The zero-order valence-corrected chi connectivity index (χ0v) is 19.7. The Bertz CT molecular complexity index is 1330. The van der Waals surface area contributed by atoms with Gasteiger partial charge in [0.25, 0.3) is 5.91 Å². The number of nitrogens with one attached hydrogen (secondary N) is 1. The Kier molecular flexibility index (Phi) is 7.15. The van der Waals surface area contributed by atoms with Crippen molar-refractivity contribution in [2.24, 2.45) is 5.10 Å². The molecule has 0 aliphatic rings. The molecule has 2 aromatic heterocycles. The normalized spacial score (nSPS) is 11.3. The van der Waals surface area contributed by atoms with E-state index in [0.29, 0.717) is 29.6 Å². The highest BCUT2D eigenvalue weighted by Crippen LogP contribution is 2.20. The number of hydrogen-bond donors (Lipinski definition) is 2. The maximum Gasteiger partial charge on any atom is 0.250 e. The van der Waals surface area contributed by atoms with Crippen LogP contribution in [0.2, 0.25) is 0 Å². The summed E-state index contributed by atoms with van der Waals surface area (Å²) < 4.78 is 4.43. The second kappa shape index (κ2) is 10.4. The van der Waals surface area contributed by atoms with Crippen LogP contribution in [0, 0.1) is 0 Å². The zero-order valence-electron chi connectivity index (χ0n) is 17.3. The van der Waals surface area contributed by atoms with Crippen LogP contribution < -0.4 is 5.43 Å². The van der Waals surface area contributed by atoms with Gasteiger partial charge in [-0.2, -0.15) is 5.10 Å². The number of carbonyl (C=O) groups is 1. The van der Waals surface area contributed by atoms with E-state index in [1.54, 1.807) is 22.9 Å². The maximum atomic E-state index is 12.2. The van der Waals surface area contributed by atoms with Gasteiger partial charge < -0.3 is 9.67 Å². The Labute approximate surface area is 201 Å². The number of benzene rings is 2. The molecule has 10 nitrogen and oxygen atoms in total. The average Bonchev–Trinajstić information content (AvgIpc) is 3.39. The van der Waals surface area contributed by atoms with Gasteiger partial charge in [-0.3, -0.25) is 4.79 Å². The summed E-state index contributed by atoms with van der Waals surface area (Å²) in [5.74, 6) is 0.513. The number of hydrazone groups is 1. The van der Waals surface area contributed by atoms with Crippen molar-refractivity contribution in [1.29, 1.82) is 0 Å². The molecule has 2 heterocycles. The summed E-state index contributed by atoms with van der Waals surface area (Å²) in [5, 5.41) is 31.2. The molecule has 168 valence electrons. The first-order valence-electron chi connectivity index (χ1n) is 9.79. The predicted molar refractivity (Wildman–Crippen MR) is 129 cm³/mol. The minimum Gasteiger partial charge on any atom is -0.507 e. The van der Waals surface area contributed by atoms with Gasteiger partial charge in [0.15, 0.2) is 11.0 Å². The minimum atomic E-state index is -0.317. The molecule has 0 bridgehead atoms. The number of halogens is 1. The van der Waals surface area contributed by atoms with Gasteiger partial charge in [-0.1, -0.05) is 51.1 Å². The largest absolute Gasteiger partial charge is 0.507 e. The summed E-state index contributed by atoms with van der Waals surface area (Å²) >= 11 is 4.56. The Balaban J connectivity index is 1.40. The second-order valence-corrected chi connectivity index (χ2v) is 8.68. The van der Waals surface area contributed by atoms with E-state index in [0.717, 1.165) is 15.5 Å². The summed E-state index contributed by atoms with van der Waals surface area (Å²) in [5.41, 5.74) is 4.62. The topological polar surface area (TPSA) is 123 Å². The highest BCUT2D eigenvalue weighted by molar-refractivity contribution is 9.10. The fourth-order valence-electron chi connectivity index (χ4n) is 2.99. The van der Waals surface area contributed by atoms with Gasteiger partial charge in [-0.25, -0.2) is 10.1 Å². The molecular weight excluding hydrogens is 508 g/mol. The van der Waals surface area contributed by atoms with Crippen LogP contribution >= 0.6 is 27.7 Å². The van der Waals surface area contributed by atoms with Gasteiger partial charge in [0.2, 0.25) is 0 Å². The third-order valence-electron chi connectivity index (χ3n) is 4.53. The van der Waals surface area contributed by atoms with E-state index in [2.05, 4.69) is 53.5 Å². The molecule has 0 fully saturated rings. The maximum absolute atomic E-state index is 12.2. The highest BCUT2D eigenvalue weighted by Gasteiger charge is 2.15. The van der Waals surface area contributed by atoms with Crippen LogP contribution in [-0.4, -0.2) is 52.7 Å². The fourth-order valence-corrected chi connectivity index (χ4v) is 4.13. The van der Waals surface area contributed by atoms with E-state index in [4.69, 9.17) is 0 Å². The zero-order chi connectivity index (χ0) is 23.2. The third-order valence-corrected chi connectivity index (χ3v) is 5.99. The third kappa shape index (κ3) is 5.46. The first-order valence-corrected chi connectivity index (χ1v) is 11.6. The Hall–Kier alpha value is -3.51. The lowest BCUT2D eigenvalue weighted by atomic mass is 10.2. The molecule has 0 atom stereocenters. The van der Waals surface area contributed by atoms with Crippen molar-refractivity contribution < 1.29 is 9.90 Å². The monoisotopic (exact) mass is 526 g/mol. The number of phenolic OH excluding ortho intramolecular Hbond substituents is 1. The molecule has 0 saturated carbocycles. The number of nitrogens with zero attached hydrogens (tertiary/aromatic N) is 7. The van der Waals surface area contributed by atoms with Crippen LogP contribution in [0.1, 0.15) is 11.4 Å². The quantitative estimate of drug-likeness (QED) is 0.149. The Morgan fingerprint density at radius 1 is 1.24 bits per heavy atom. The molecule has 2 aromatic carbocycles. The van der Waals surface area contributed by atoms with E-state index in [9.17, 15) is 9.90 Å². The van der Waals surface area contributed by atoms with E-state index < -0.39 is 0 Å². The van der Waals surface area contributed by atoms with Gasteiger partial charge in [0.1, 0.15) is 17.8 Å². The SMILES string of the molecule is C=CCn1c(Cn2nnc3ccccc32)nnc1SCC(=O)N/N=C\c1cc(Br)ccc1O. The smallest absolute Gasteiger partial charge is 0.250 e. The number of fused-ring (bicyclic) bond motifs is 1. The molecule has 0 unspecified atom stereocenters. The number of aromatic nitrogens is 6. The van der Waals surface area contributed by atoms with Crippen molar-refractivity contribution in [3.8, 4) is 5.75 Å². The van der Waals surface area contributed by atoms with Crippen molar-refractivity contribution in [3.05, 3.63) is 71.0 Å².